The van der Waals surface area contributed by atoms with E-state index in [4.69, 9.17) is 4.74 Å². The Labute approximate surface area is 176 Å². The van der Waals surface area contributed by atoms with Gasteiger partial charge in [-0.3, -0.25) is 4.79 Å². The van der Waals surface area contributed by atoms with E-state index in [9.17, 15) is 4.79 Å². The standard InChI is InChI=1S/C24H39N3O2/c1-17-15-27(16-18(2)29-17)20-12-10-19(11-13-20)26-23(28)14-25-22-9-7-6-8-21(22)24(3,4)5/h10-13,17-18,21-22,25H,6-9,14-16H2,1-5H3,(H,26,28). The van der Waals surface area contributed by atoms with Crippen molar-refractivity contribution in [3.8, 4) is 0 Å². The fourth-order valence-electron chi connectivity index (χ4n) is 4.99. The Morgan fingerprint density at radius 3 is 2.31 bits per heavy atom. The van der Waals surface area contributed by atoms with Crippen LogP contribution in [-0.2, 0) is 9.53 Å². The van der Waals surface area contributed by atoms with E-state index in [2.05, 4.69) is 62.3 Å². The van der Waals surface area contributed by atoms with Gasteiger partial charge in [-0.15, -0.1) is 0 Å². The van der Waals surface area contributed by atoms with E-state index >= 15 is 0 Å². The third-order valence-corrected chi connectivity index (χ3v) is 6.34. The molecule has 1 aromatic carbocycles. The molecular weight excluding hydrogens is 362 g/mol. The molecule has 0 aromatic heterocycles. The molecule has 1 heterocycles. The second-order valence-corrected chi connectivity index (χ2v) is 10.0. The Kier molecular flexibility index (Phi) is 7.23. The van der Waals surface area contributed by atoms with Crippen LogP contribution in [0.4, 0.5) is 11.4 Å². The van der Waals surface area contributed by atoms with Crippen molar-refractivity contribution >= 4 is 17.3 Å². The maximum Gasteiger partial charge on any atom is 0.238 e. The zero-order valence-corrected chi connectivity index (χ0v) is 18.8. The molecule has 1 aromatic rings. The van der Waals surface area contributed by atoms with Crippen LogP contribution < -0.4 is 15.5 Å². The van der Waals surface area contributed by atoms with E-state index in [0.29, 0.717) is 18.5 Å². The smallest absolute Gasteiger partial charge is 0.238 e. The molecule has 1 saturated carbocycles. The minimum Gasteiger partial charge on any atom is -0.372 e. The fourth-order valence-corrected chi connectivity index (χ4v) is 4.99. The average molecular weight is 402 g/mol. The molecule has 29 heavy (non-hydrogen) atoms. The largest absolute Gasteiger partial charge is 0.372 e. The lowest BCUT2D eigenvalue weighted by Gasteiger charge is -2.40. The minimum atomic E-state index is 0.0320. The quantitative estimate of drug-likeness (QED) is 0.766. The second kappa shape index (κ2) is 9.48. The Morgan fingerprint density at radius 1 is 1.07 bits per heavy atom. The number of nitrogens with zero attached hydrogens (tertiary/aromatic N) is 1. The second-order valence-electron chi connectivity index (χ2n) is 10.0. The third-order valence-electron chi connectivity index (χ3n) is 6.34. The molecule has 2 aliphatic rings. The van der Waals surface area contributed by atoms with Gasteiger partial charge in [-0.25, -0.2) is 0 Å². The molecule has 3 rings (SSSR count). The molecule has 4 unspecified atom stereocenters. The van der Waals surface area contributed by atoms with Crippen LogP contribution in [-0.4, -0.2) is 43.8 Å². The summed E-state index contributed by atoms with van der Waals surface area (Å²) >= 11 is 0. The van der Waals surface area contributed by atoms with Crippen LogP contribution in [0, 0.1) is 11.3 Å². The lowest BCUT2D eigenvalue weighted by atomic mass is 9.69. The van der Waals surface area contributed by atoms with Crippen molar-refractivity contribution in [2.45, 2.75) is 78.6 Å². The first-order valence-electron chi connectivity index (χ1n) is 11.3. The molecule has 0 spiro atoms. The van der Waals surface area contributed by atoms with Gasteiger partial charge in [0.25, 0.3) is 0 Å². The van der Waals surface area contributed by atoms with E-state index in [1.165, 1.54) is 31.4 Å². The van der Waals surface area contributed by atoms with Crippen LogP contribution in [0.1, 0.15) is 60.3 Å². The number of benzene rings is 1. The van der Waals surface area contributed by atoms with E-state index in [0.717, 1.165) is 18.8 Å². The number of carbonyl (C=O) groups is 1. The van der Waals surface area contributed by atoms with Gasteiger partial charge in [0.15, 0.2) is 0 Å². The fraction of sp³-hybridized carbons (Fsp3) is 0.708. The molecule has 5 nitrogen and oxygen atoms in total. The zero-order valence-electron chi connectivity index (χ0n) is 18.8. The number of rotatable bonds is 5. The summed E-state index contributed by atoms with van der Waals surface area (Å²) in [5, 5.41) is 6.57. The van der Waals surface area contributed by atoms with Gasteiger partial charge in [-0.1, -0.05) is 33.6 Å². The van der Waals surface area contributed by atoms with Crippen LogP contribution in [0.3, 0.4) is 0 Å². The zero-order chi connectivity index (χ0) is 21.0. The number of nitrogens with one attached hydrogen (secondary N) is 2. The van der Waals surface area contributed by atoms with Gasteiger partial charge in [-0.2, -0.15) is 0 Å². The summed E-state index contributed by atoms with van der Waals surface area (Å²) in [6.45, 7) is 13.3. The molecule has 5 heteroatoms. The van der Waals surface area contributed by atoms with Crippen molar-refractivity contribution in [1.82, 2.24) is 5.32 Å². The van der Waals surface area contributed by atoms with E-state index in [1.54, 1.807) is 0 Å². The van der Waals surface area contributed by atoms with Gasteiger partial charge in [0.1, 0.15) is 0 Å². The third kappa shape index (κ3) is 6.19. The molecule has 4 atom stereocenters. The summed E-state index contributed by atoms with van der Waals surface area (Å²) in [5.41, 5.74) is 2.31. The van der Waals surface area contributed by atoms with Crippen molar-refractivity contribution in [2.75, 3.05) is 29.9 Å². The van der Waals surface area contributed by atoms with Crippen molar-refractivity contribution in [1.29, 1.82) is 0 Å². The Morgan fingerprint density at radius 2 is 1.69 bits per heavy atom. The molecule has 1 aliphatic carbocycles. The predicted molar refractivity (Wildman–Crippen MR) is 120 cm³/mol. The van der Waals surface area contributed by atoms with Gasteiger partial charge in [0, 0.05) is 30.5 Å². The molecule has 1 saturated heterocycles. The summed E-state index contributed by atoms with van der Waals surface area (Å²) < 4.78 is 5.81. The van der Waals surface area contributed by atoms with Gasteiger partial charge in [-0.05, 0) is 62.3 Å². The van der Waals surface area contributed by atoms with Crippen molar-refractivity contribution in [2.24, 2.45) is 11.3 Å². The van der Waals surface area contributed by atoms with Crippen molar-refractivity contribution in [3.05, 3.63) is 24.3 Å². The van der Waals surface area contributed by atoms with Crippen molar-refractivity contribution in [3.63, 3.8) is 0 Å². The van der Waals surface area contributed by atoms with Gasteiger partial charge in [0.2, 0.25) is 5.91 Å². The van der Waals surface area contributed by atoms with E-state index in [-0.39, 0.29) is 23.5 Å². The number of morpholine rings is 1. The lowest BCUT2D eigenvalue weighted by molar-refractivity contribution is -0.115. The highest BCUT2D eigenvalue weighted by Gasteiger charge is 2.34. The molecule has 0 radical (unpaired) electrons. The first-order valence-corrected chi connectivity index (χ1v) is 11.3. The predicted octanol–water partition coefficient (Wildman–Crippen LogP) is 4.43. The van der Waals surface area contributed by atoms with Crippen LogP contribution in [0.2, 0.25) is 0 Å². The first-order chi connectivity index (χ1) is 13.7. The minimum absolute atomic E-state index is 0.0320. The highest BCUT2D eigenvalue weighted by Crippen LogP contribution is 2.37. The number of amides is 1. The highest BCUT2D eigenvalue weighted by atomic mass is 16.5. The molecular formula is C24H39N3O2. The van der Waals surface area contributed by atoms with Crippen LogP contribution in [0.15, 0.2) is 24.3 Å². The van der Waals surface area contributed by atoms with Crippen molar-refractivity contribution < 1.29 is 9.53 Å². The molecule has 0 bridgehead atoms. The molecule has 1 amide bonds. The summed E-state index contributed by atoms with van der Waals surface area (Å²) in [5.74, 6) is 0.659. The van der Waals surface area contributed by atoms with Gasteiger partial charge in [0.05, 0.1) is 18.8 Å². The van der Waals surface area contributed by atoms with Gasteiger partial charge >= 0.3 is 0 Å². The summed E-state index contributed by atoms with van der Waals surface area (Å²) in [6.07, 6.45) is 5.45. The Bertz CT molecular complexity index is 658. The number of carbonyl (C=O) groups excluding carboxylic acids is 1. The molecule has 1 aliphatic heterocycles. The number of hydrogen-bond acceptors (Lipinski definition) is 4. The molecule has 2 N–H and O–H groups in total. The maximum atomic E-state index is 12.5. The molecule has 2 fully saturated rings. The van der Waals surface area contributed by atoms with Crippen LogP contribution in [0.25, 0.3) is 0 Å². The Hall–Kier alpha value is -1.59. The molecule has 162 valence electrons. The summed E-state index contributed by atoms with van der Waals surface area (Å²) in [6, 6.07) is 8.60. The Balaban J connectivity index is 1.50. The maximum absolute atomic E-state index is 12.5. The monoisotopic (exact) mass is 401 g/mol. The van der Waals surface area contributed by atoms with Gasteiger partial charge < -0.3 is 20.3 Å². The summed E-state index contributed by atoms with van der Waals surface area (Å²) in [7, 11) is 0. The van der Waals surface area contributed by atoms with Crippen LogP contribution >= 0.6 is 0 Å². The SMILES string of the molecule is CC1CN(c2ccc(NC(=O)CNC3CCCCC3C(C)(C)C)cc2)CC(C)O1. The average Bonchev–Trinajstić information content (AvgIpc) is 2.66. The number of ether oxygens (including phenoxy) is 1. The number of hydrogen-bond donors (Lipinski definition) is 2. The number of anilines is 2. The first kappa shape index (κ1) is 22.1. The summed E-state index contributed by atoms with van der Waals surface area (Å²) in [4.78, 5) is 14.8. The van der Waals surface area contributed by atoms with E-state index < -0.39 is 0 Å². The topological polar surface area (TPSA) is 53.6 Å². The highest BCUT2D eigenvalue weighted by molar-refractivity contribution is 5.92. The van der Waals surface area contributed by atoms with Crippen LogP contribution in [0.5, 0.6) is 0 Å². The van der Waals surface area contributed by atoms with E-state index in [1.807, 2.05) is 12.1 Å². The normalized spacial score (nSPS) is 28.2. The lowest BCUT2D eigenvalue weighted by Crippen LogP contribution is -2.46.